The van der Waals surface area contributed by atoms with Gasteiger partial charge in [-0.25, -0.2) is 4.98 Å². The summed E-state index contributed by atoms with van der Waals surface area (Å²) < 4.78 is 13.3. The summed E-state index contributed by atoms with van der Waals surface area (Å²) in [7, 11) is 0. The molecule has 0 bridgehead atoms. The first-order chi connectivity index (χ1) is 10.1. The van der Waals surface area contributed by atoms with E-state index in [1.165, 1.54) is 0 Å². The summed E-state index contributed by atoms with van der Waals surface area (Å²) in [6, 6.07) is 5.26. The van der Waals surface area contributed by atoms with Gasteiger partial charge < -0.3 is 19.8 Å². The minimum Gasteiger partial charge on any atom is -0.490 e. The van der Waals surface area contributed by atoms with Crippen molar-refractivity contribution in [3.63, 3.8) is 0 Å². The second kappa shape index (κ2) is 6.78. The highest BCUT2D eigenvalue weighted by Gasteiger charge is 2.08. The fourth-order valence-corrected chi connectivity index (χ4v) is 1.96. The van der Waals surface area contributed by atoms with E-state index >= 15 is 0 Å². The summed E-state index contributed by atoms with van der Waals surface area (Å²) in [5, 5.41) is 7.46. The van der Waals surface area contributed by atoms with E-state index in [0.29, 0.717) is 36.8 Å². The highest BCUT2D eigenvalue weighted by molar-refractivity contribution is 5.95. The molecule has 6 heteroatoms. The monoisotopic (exact) mass is 288 g/mol. The number of amidine groups is 1. The number of aryl methyl sites for hydroxylation is 1. The van der Waals surface area contributed by atoms with Crippen LogP contribution >= 0.6 is 0 Å². The molecule has 0 atom stereocenters. The molecule has 0 aliphatic rings. The van der Waals surface area contributed by atoms with Crippen LogP contribution in [0.15, 0.2) is 30.6 Å². The van der Waals surface area contributed by atoms with E-state index in [-0.39, 0.29) is 5.84 Å². The Labute approximate surface area is 124 Å². The maximum Gasteiger partial charge on any atom is 0.161 e. The quantitative estimate of drug-likeness (QED) is 0.602. The number of nitrogen functional groups attached to an aromatic ring is 1. The second-order valence-corrected chi connectivity index (χ2v) is 4.52. The van der Waals surface area contributed by atoms with E-state index in [1.54, 1.807) is 24.4 Å². The largest absolute Gasteiger partial charge is 0.490 e. The number of rotatable bonds is 7. The fourth-order valence-electron chi connectivity index (χ4n) is 1.96. The van der Waals surface area contributed by atoms with Gasteiger partial charge in [0.15, 0.2) is 11.5 Å². The molecule has 0 aliphatic heterocycles. The number of aromatic nitrogens is 2. The Hall–Kier alpha value is -2.50. The van der Waals surface area contributed by atoms with Gasteiger partial charge in [-0.15, -0.1) is 0 Å². The average Bonchev–Trinajstić information content (AvgIpc) is 2.86. The first-order valence-corrected chi connectivity index (χ1v) is 6.83. The summed E-state index contributed by atoms with van der Waals surface area (Å²) in [4.78, 5) is 4.17. The van der Waals surface area contributed by atoms with Crippen LogP contribution in [0.4, 0.5) is 0 Å². The normalized spacial score (nSPS) is 10.4. The van der Waals surface area contributed by atoms with Crippen LogP contribution in [-0.2, 0) is 6.54 Å². The molecule has 0 amide bonds. The van der Waals surface area contributed by atoms with E-state index in [0.717, 1.165) is 5.82 Å². The van der Waals surface area contributed by atoms with Gasteiger partial charge in [-0.2, -0.15) is 0 Å². The van der Waals surface area contributed by atoms with Crippen molar-refractivity contribution in [2.75, 3.05) is 13.2 Å². The molecule has 2 aromatic rings. The summed E-state index contributed by atoms with van der Waals surface area (Å²) in [5.74, 6) is 2.22. The molecule has 0 fully saturated rings. The van der Waals surface area contributed by atoms with Gasteiger partial charge in [0.2, 0.25) is 0 Å². The van der Waals surface area contributed by atoms with Crippen LogP contribution in [-0.4, -0.2) is 28.6 Å². The zero-order valence-electron chi connectivity index (χ0n) is 12.3. The highest BCUT2D eigenvalue weighted by atomic mass is 16.5. The molecule has 1 aromatic heterocycles. The molecule has 0 saturated carbocycles. The maximum absolute atomic E-state index is 7.46. The standard InChI is InChI=1S/C15H20N4O2/c1-3-20-14-10-12(15(16)17)4-5-13(14)21-9-8-19-7-6-18-11(19)2/h4-7,10H,3,8-9H2,1-2H3,(H3,16,17). The number of nitrogens with two attached hydrogens (primary N) is 1. The van der Waals surface area contributed by atoms with Crippen LogP contribution in [0, 0.1) is 12.3 Å². The van der Waals surface area contributed by atoms with Crippen molar-refractivity contribution in [1.29, 1.82) is 5.41 Å². The molecule has 0 radical (unpaired) electrons. The van der Waals surface area contributed by atoms with Crippen molar-refractivity contribution < 1.29 is 9.47 Å². The Kier molecular flexibility index (Phi) is 4.81. The van der Waals surface area contributed by atoms with Crippen LogP contribution < -0.4 is 15.2 Å². The van der Waals surface area contributed by atoms with Crippen molar-refractivity contribution in [2.24, 2.45) is 5.73 Å². The summed E-state index contributed by atoms with van der Waals surface area (Å²) in [6.45, 7) is 5.60. The smallest absolute Gasteiger partial charge is 0.161 e. The number of imidazole rings is 1. The van der Waals surface area contributed by atoms with Crippen LogP contribution in [0.2, 0.25) is 0 Å². The lowest BCUT2D eigenvalue weighted by Gasteiger charge is -2.13. The predicted octanol–water partition coefficient (Wildman–Crippen LogP) is 1.95. The van der Waals surface area contributed by atoms with Crippen molar-refractivity contribution in [3.8, 4) is 11.5 Å². The molecule has 2 rings (SSSR count). The number of hydrogen-bond donors (Lipinski definition) is 2. The lowest BCUT2D eigenvalue weighted by atomic mass is 10.2. The minimum absolute atomic E-state index is 0.0107. The highest BCUT2D eigenvalue weighted by Crippen LogP contribution is 2.28. The molecule has 1 aromatic carbocycles. The first kappa shape index (κ1) is 14.9. The molecule has 0 spiro atoms. The van der Waals surface area contributed by atoms with Gasteiger partial charge >= 0.3 is 0 Å². The molecule has 3 N–H and O–H groups in total. The van der Waals surface area contributed by atoms with Gasteiger partial charge in [-0.1, -0.05) is 0 Å². The van der Waals surface area contributed by atoms with Crippen LogP contribution in [0.1, 0.15) is 18.3 Å². The molecule has 112 valence electrons. The molecule has 0 unspecified atom stereocenters. The number of hydrogen-bond acceptors (Lipinski definition) is 4. The third-order valence-electron chi connectivity index (χ3n) is 3.07. The Bertz CT molecular complexity index is 622. The predicted molar refractivity (Wildman–Crippen MR) is 81.1 cm³/mol. The number of benzene rings is 1. The lowest BCUT2D eigenvalue weighted by molar-refractivity contribution is 0.266. The molecule has 0 aliphatic carbocycles. The van der Waals surface area contributed by atoms with E-state index in [1.807, 2.05) is 24.6 Å². The Balaban J connectivity index is 2.04. The maximum atomic E-state index is 7.46. The summed E-state index contributed by atoms with van der Waals surface area (Å²) in [5.41, 5.74) is 6.11. The lowest BCUT2D eigenvalue weighted by Crippen LogP contribution is -2.12. The second-order valence-electron chi connectivity index (χ2n) is 4.52. The SMILES string of the molecule is CCOc1cc(C(=N)N)ccc1OCCn1ccnc1C. The van der Waals surface area contributed by atoms with Gasteiger partial charge in [-0.3, -0.25) is 5.41 Å². The fraction of sp³-hybridized carbons (Fsp3) is 0.333. The number of nitrogens with zero attached hydrogens (tertiary/aromatic N) is 2. The zero-order chi connectivity index (χ0) is 15.2. The van der Waals surface area contributed by atoms with Crippen molar-refractivity contribution in [1.82, 2.24) is 9.55 Å². The Morgan fingerprint density at radius 2 is 2.14 bits per heavy atom. The molecule has 21 heavy (non-hydrogen) atoms. The number of nitrogens with one attached hydrogen (secondary N) is 1. The van der Waals surface area contributed by atoms with E-state index < -0.39 is 0 Å². The summed E-state index contributed by atoms with van der Waals surface area (Å²) in [6.07, 6.45) is 3.68. The molecule has 6 nitrogen and oxygen atoms in total. The Morgan fingerprint density at radius 1 is 1.33 bits per heavy atom. The van der Waals surface area contributed by atoms with Crippen molar-refractivity contribution >= 4 is 5.84 Å². The van der Waals surface area contributed by atoms with Crippen LogP contribution in [0.5, 0.6) is 11.5 Å². The van der Waals surface area contributed by atoms with E-state index in [2.05, 4.69) is 4.98 Å². The third kappa shape index (κ3) is 3.75. The topological polar surface area (TPSA) is 86.1 Å². The van der Waals surface area contributed by atoms with E-state index in [4.69, 9.17) is 20.6 Å². The molecular weight excluding hydrogens is 268 g/mol. The van der Waals surface area contributed by atoms with Gasteiger partial charge in [0.1, 0.15) is 18.3 Å². The van der Waals surface area contributed by atoms with Crippen LogP contribution in [0.25, 0.3) is 0 Å². The zero-order valence-corrected chi connectivity index (χ0v) is 12.3. The van der Waals surface area contributed by atoms with Crippen molar-refractivity contribution in [2.45, 2.75) is 20.4 Å². The van der Waals surface area contributed by atoms with Gasteiger partial charge in [0.05, 0.1) is 13.2 Å². The van der Waals surface area contributed by atoms with Gasteiger partial charge in [-0.05, 0) is 32.0 Å². The first-order valence-electron chi connectivity index (χ1n) is 6.83. The molecule has 1 heterocycles. The average molecular weight is 288 g/mol. The third-order valence-corrected chi connectivity index (χ3v) is 3.07. The molecular formula is C15H20N4O2. The van der Waals surface area contributed by atoms with Crippen molar-refractivity contribution in [3.05, 3.63) is 42.0 Å². The minimum atomic E-state index is 0.0107. The summed E-state index contributed by atoms with van der Waals surface area (Å²) >= 11 is 0. The number of ether oxygens (including phenoxy) is 2. The van der Waals surface area contributed by atoms with Gasteiger partial charge in [0.25, 0.3) is 0 Å². The van der Waals surface area contributed by atoms with E-state index in [9.17, 15) is 0 Å². The Morgan fingerprint density at radius 3 is 2.76 bits per heavy atom. The molecule has 0 saturated heterocycles. The van der Waals surface area contributed by atoms with Crippen LogP contribution in [0.3, 0.4) is 0 Å². The van der Waals surface area contributed by atoms with Gasteiger partial charge in [0, 0.05) is 18.0 Å².